The van der Waals surface area contributed by atoms with Crippen LogP contribution in [0.5, 0.6) is 0 Å². The highest BCUT2D eigenvalue weighted by molar-refractivity contribution is 6.30. The fourth-order valence-electron chi connectivity index (χ4n) is 4.21. The first-order chi connectivity index (χ1) is 16.1. The molecule has 2 heterocycles. The van der Waals surface area contributed by atoms with Gasteiger partial charge in [-0.25, -0.2) is 4.98 Å². The van der Waals surface area contributed by atoms with E-state index in [4.69, 9.17) is 16.0 Å². The molecule has 6 nitrogen and oxygen atoms in total. The van der Waals surface area contributed by atoms with Crippen molar-refractivity contribution in [3.63, 3.8) is 0 Å². The Morgan fingerprint density at radius 3 is 2.73 bits per heavy atom. The quantitative estimate of drug-likeness (QED) is 0.473. The van der Waals surface area contributed by atoms with Gasteiger partial charge in [-0.05, 0) is 43.3 Å². The van der Waals surface area contributed by atoms with Crippen molar-refractivity contribution < 1.29 is 9.21 Å². The molecule has 0 radical (unpaired) electrons. The number of likely N-dealkylation sites (N-methyl/N-ethyl adjacent to an activating group) is 1. The first kappa shape index (κ1) is 23.5. The molecule has 1 saturated heterocycles. The second-order valence-corrected chi connectivity index (χ2v) is 8.99. The van der Waals surface area contributed by atoms with Crippen molar-refractivity contribution in [3.05, 3.63) is 77.3 Å². The van der Waals surface area contributed by atoms with E-state index >= 15 is 0 Å². The molecule has 1 unspecified atom stereocenters. The van der Waals surface area contributed by atoms with Gasteiger partial charge in [-0.1, -0.05) is 41.9 Å². The van der Waals surface area contributed by atoms with Crippen LogP contribution in [0.15, 0.2) is 65.2 Å². The van der Waals surface area contributed by atoms with Crippen LogP contribution in [0.1, 0.15) is 30.3 Å². The Hall–Kier alpha value is -2.67. The highest BCUT2D eigenvalue weighted by Gasteiger charge is 2.25. The van der Waals surface area contributed by atoms with Gasteiger partial charge < -0.3 is 14.6 Å². The summed E-state index contributed by atoms with van der Waals surface area (Å²) in [6.45, 7) is 4.80. The minimum atomic E-state index is 0.0271. The lowest BCUT2D eigenvalue weighted by Gasteiger charge is -2.40. The predicted molar refractivity (Wildman–Crippen MR) is 131 cm³/mol. The van der Waals surface area contributed by atoms with E-state index in [-0.39, 0.29) is 5.91 Å². The summed E-state index contributed by atoms with van der Waals surface area (Å²) in [4.78, 5) is 21.5. The van der Waals surface area contributed by atoms with Crippen LogP contribution in [0.4, 0.5) is 0 Å². The third-order valence-electron chi connectivity index (χ3n) is 6.07. The summed E-state index contributed by atoms with van der Waals surface area (Å²) in [6, 6.07) is 18.5. The Labute approximate surface area is 200 Å². The maximum absolute atomic E-state index is 12.3. The van der Waals surface area contributed by atoms with Gasteiger partial charge in [0.25, 0.3) is 0 Å². The molecule has 1 aromatic heterocycles. The summed E-state index contributed by atoms with van der Waals surface area (Å²) in [5.41, 5.74) is 2.28. The Morgan fingerprint density at radius 1 is 1.15 bits per heavy atom. The molecule has 1 aliphatic rings. The molecule has 1 aliphatic heterocycles. The van der Waals surface area contributed by atoms with Gasteiger partial charge in [0.2, 0.25) is 5.91 Å². The van der Waals surface area contributed by atoms with Crippen molar-refractivity contribution in [2.24, 2.45) is 0 Å². The molecule has 1 amide bonds. The van der Waals surface area contributed by atoms with Crippen LogP contribution in [-0.2, 0) is 11.2 Å². The number of nitrogens with one attached hydrogen (secondary N) is 1. The minimum Gasteiger partial charge on any atom is -0.441 e. The molecular weight excluding hydrogens is 436 g/mol. The monoisotopic (exact) mass is 466 g/mol. The number of piperazine rings is 1. The summed E-state index contributed by atoms with van der Waals surface area (Å²) in [5.74, 6) is 1.28. The van der Waals surface area contributed by atoms with Gasteiger partial charge in [0.1, 0.15) is 0 Å². The van der Waals surface area contributed by atoms with E-state index in [1.54, 1.807) is 6.20 Å². The van der Waals surface area contributed by atoms with E-state index < -0.39 is 0 Å². The lowest BCUT2D eigenvalue weighted by Crippen LogP contribution is -2.47. The number of aryl methyl sites for hydroxylation is 1. The van der Waals surface area contributed by atoms with E-state index in [0.717, 1.165) is 38.2 Å². The molecule has 7 heteroatoms. The number of hydrogen-bond acceptors (Lipinski definition) is 5. The van der Waals surface area contributed by atoms with Crippen LogP contribution in [-0.4, -0.2) is 60.5 Å². The van der Waals surface area contributed by atoms with Gasteiger partial charge in [0, 0.05) is 62.2 Å². The molecule has 0 saturated carbocycles. The number of carbonyl (C=O) groups is 1. The van der Waals surface area contributed by atoms with Crippen LogP contribution in [0.3, 0.4) is 0 Å². The summed E-state index contributed by atoms with van der Waals surface area (Å²) in [7, 11) is 2.18. The smallest absolute Gasteiger partial charge is 0.220 e. The summed E-state index contributed by atoms with van der Waals surface area (Å²) < 4.78 is 5.78. The molecule has 3 aromatic rings. The van der Waals surface area contributed by atoms with E-state index in [0.29, 0.717) is 42.1 Å². The van der Waals surface area contributed by atoms with Gasteiger partial charge in [0.15, 0.2) is 11.7 Å². The number of rotatable bonds is 9. The normalized spacial score (nSPS) is 17.2. The average molecular weight is 467 g/mol. The second kappa shape index (κ2) is 11.5. The fourth-order valence-corrected chi connectivity index (χ4v) is 4.33. The molecule has 33 heavy (non-hydrogen) atoms. The number of hydrogen-bond donors (Lipinski definition) is 1. The number of halogens is 1. The van der Waals surface area contributed by atoms with Gasteiger partial charge in [-0.3, -0.25) is 9.69 Å². The number of oxazole rings is 1. The molecule has 4 rings (SSSR count). The van der Waals surface area contributed by atoms with E-state index in [9.17, 15) is 4.79 Å². The summed E-state index contributed by atoms with van der Waals surface area (Å²) in [6.07, 6.45) is 3.46. The molecule has 174 valence electrons. The highest BCUT2D eigenvalue weighted by atomic mass is 35.5. The number of carbonyl (C=O) groups excluding carboxylic acids is 1. The summed E-state index contributed by atoms with van der Waals surface area (Å²) in [5, 5.41) is 3.72. The molecule has 1 N–H and O–H groups in total. The minimum absolute atomic E-state index is 0.0271. The fraction of sp³-hybridized carbons (Fsp3) is 0.385. The molecule has 0 bridgehead atoms. The molecular formula is C26H31ClN4O2. The maximum Gasteiger partial charge on any atom is 0.220 e. The van der Waals surface area contributed by atoms with Gasteiger partial charge in [0.05, 0.1) is 6.20 Å². The van der Waals surface area contributed by atoms with Crippen molar-refractivity contribution in [1.82, 2.24) is 20.1 Å². The number of aromatic nitrogens is 1. The molecule has 2 aromatic carbocycles. The van der Waals surface area contributed by atoms with Crippen molar-refractivity contribution in [2.45, 2.75) is 25.3 Å². The third kappa shape index (κ3) is 6.67. The van der Waals surface area contributed by atoms with Crippen molar-refractivity contribution in [3.8, 4) is 11.3 Å². The second-order valence-electron chi connectivity index (χ2n) is 8.55. The standard InChI is InChI=1S/C26H31ClN4O2/c1-30-16-17-31(23(19-30)20-6-3-2-4-7-20)15-5-14-28-25(32)12-13-26-29-18-24(33-26)21-8-10-22(27)11-9-21/h2-4,6-11,18,23H,5,12-17,19H2,1H3,(H,28,32). The predicted octanol–water partition coefficient (Wildman–Crippen LogP) is 4.42. The topological polar surface area (TPSA) is 61.6 Å². The largest absolute Gasteiger partial charge is 0.441 e. The van der Waals surface area contributed by atoms with E-state index in [2.05, 4.69) is 57.5 Å². The Morgan fingerprint density at radius 2 is 1.94 bits per heavy atom. The first-order valence-corrected chi connectivity index (χ1v) is 11.9. The zero-order valence-electron chi connectivity index (χ0n) is 19.0. The lowest BCUT2D eigenvalue weighted by atomic mass is 10.0. The number of amides is 1. The van der Waals surface area contributed by atoms with Crippen LogP contribution in [0.2, 0.25) is 5.02 Å². The van der Waals surface area contributed by atoms with Crippen molar-refractivity contribution in [2.75, 3.05) is 39.8 Å². The molecule has 0 aliphatic carbocycles. The van der Waals surface area contributed by atoms with E-state index in [1.165, 1.54) is 5.56 Å². The molecule has 0 spiro atoms. The maximum atomic E-state index is 12.3. The van der Waals surface area contributed by atoms with Crippen LogP contribution < -0.4 is 5.32 Å². The van der Waals surface area contributed by atoms with Gasteiger partial charge in [-0.15, -0.1) is 0 Å². The van der Waals surface area contributed by atoms with Crippen molar-refractivity contribution >= 4 is 17.5 Å². The number of benzene rings is 2. The summed E-state index contributed by atoms with van der Waals surface area (Å²) >= 11 is 5.93. The average Bonchev–Trinajstić information content (AvgIpc) is 3.31. The Balaban J connectivity index is 1.19. The van der Waals surface area contributed by atoms with Crippen LogP contribution in [0.25, 0.3) is 11.3 Å². The lowest BCUT2D eigenvalue weighted by molar-refractivity contribution is -0.121. The van der Waals surface area contributed by atoms with Crippen molar-refractivity contribution in [1.29, 1.82) is 0 Å². The highest BCUT2D eigenvalue weighted by Crippen LogP contribution is 2.25. The number of nitrogens with zero attached hydrogens (tertiary/aromatic N) is 3. The van der Waals surface area contributed by atoms with Gasteiger partial charge >= 0.3 is 0 Å². The van der Waals surface area contributed by atoms with Crippen LogP contribution >= 0.6 is 11.6 Å². The third-order valence-corrected chi connectivity index (χ3v) is 6.32. The molecule has 1 atom stereocenters. The van der Waals surface area contributed by atoms with Gasteiger partial charge in [-0.2, -0.15) is 0 Å². The zero-order valence-corrected chi connectivity index (χ0v) is 19.8. The Bertz CT molecular complexity index is 1020. The van der Waals surface area contributed by atoms with E-state index in [1.807, 2.05) is 24.3 Å². The van der Waals surface area contributed by atoms with Crippen LogP contribution in [0, 0.1) is 0 Å². The molecule has 1 fully saturated rings. The SMILES string of the molecule is CN1CCN(CCCNC(=O)CCc2ncc(-c3ccc(Cl)cc3)o2)C(c2ccccc2)C1. The first-order valence-electron chi connectivity index (χ1n) is 11.5. The zero-order chi connectivity index (χ0) is 23.0. The Kier molecular flexibility index (Phi) is 8.15.